The number of nitriles is 1. The number of likely N-dealkylation sites (tertiary alicyclic amines) is 1. The Balaban J connectivity index is 1.59. The van der Waals surface area contributed by atoms with E-state index in [1.54, 1.807) is 18.1 Å². The number of carbonyl (C=O) groups is 1. The molecule has 3 heterocycles. The Morgan fingerprint density at radius 1 is 1.30 bits per heavy atom. The SMILES string of the molecule is COC[C@@]12CCN(C(=O)c3ccc(=O)[nH]c3)C[C@@H]1CN(c1ccc(C#N)c(C(F)(F)F)c1)C2. The number of rotatable bonds is 4. The Kier molecular flexibility index (Phi) is 5.93. The van der Waals surface area contributed by atoms with E-state index in [2.05, 4.69) is 4.98 Å². The summed E-state index contributed by atoms with van der Waals surface area (Å²) in [5.74, 6) is -0.212. The first-order chi connectivity index (χ1) is 15.7. The molecule has 4 rings (SSSR count). The van der Waals surface area contributed by atoms with Gasteiger partial charge in [0, 0.05) is 62.6 Å². The van der Waals surface area contributed by atoms with Crippen LogP contribution < -0.4 is 10.5 Å². The van der Waals surface area contributed by atoms with Crippen LogP contribution in [0.25, 0.3) is 0 Å². The molecule has 33 heavy (non-hydrogen) atoms. The van der Waals surface area contributed by atoms with E-state index in [1.807, 2.05) is 4.90 Å². The number of anilines is 1. The molecule has 1 aromatic carbocycles. The van der Waals surface area contributed by atoms with Crippen molar-refractivity contribution in [2.75, 3.05) is 44.8 Å². The zero-order chi connectivity index (χ0) is 23.8. The average molecular weight is 460 g/mol. The Labute approximate surface area is 188 Å². The van der Waals surface area contributed by atoms with E-state index < -0.39 is 17.3 Å². The molecule has 0 radical (unpaired) electrons. The van der Waals surface area contributed by atoms with Crippen molar-refractivity contribution in [3.63, 3.8) is 0 Å². The summed E-state index contributed by atoms with van der Waals surface area (Å²) in [6.07, 6.45) is -2.60. The number of amides is 1. The number of nitrogens with zero attached hydrogens (tertiary/aromatic N) is 3. The lowest BCUT2D eigenvalue weighted by molar-refractivity contribution is -0.137. The number of hydrogen-bond acceptors (Lipinski definition) is 5. The number of aromatic nitrogens is 1. The van der Waals surface area contributed by atoms with Gasteiger partial charge in [-0.15, -0.1) is 0 Å². The van der Waals surface area contributed by atoms with Crippen LogP contribution in [0.15, 0.2) is 41.3 Å². The number of halogens is 3. The largest absolute Gasteiger partial charge is 0.417 e. The van der Waals surface area contributed by atoms with Gasteiger partial charge in [0.2, 0.25) is 5.56 Å². The highest BCUT2D eigenvalue weighted by atomic mass is 19.4. The zero-order valence-electron chi connectivity index (χ0n) is 18.0. The summed E-state index contributed by atoms with van der Waals surface area (Å²) in [5, 5.41) is 9.07. The number of nitrogens with one attached hydrogen (secondary N) is 1. The summed E-state index contributed by atoms with van der Waals surface area (Å²) in [4.78, 5) is 30.3. The van der Waals surface area contributed by atoms with Gasteiger partial charge in [0.05, 0.1) is 29.4 Å². The van der Waals surface area contributed by atoms with Gasteiger partial charge in [-0.3, -0.25) is 9.59 Å². The van der Waals surface area contributed by atoms with Gasteiger partial charge in [0.25, 0.3) is 5.91 Å². The maximum Gasteiger partial charge on any atom is 0.417 e. The van der Waals surface area contributed by atoms with Gasteiger partial charge in [-0.05, 0) is 30.7 Å². The summed E-state index contributed by atoms with van der Waals surface area (Å²) in [6, 6.07) is 8.16. The van der Waals surface area contributed by atoms with Gasteiger partial charge in [-0.1, -0.05) is 0 Å². The lowest BCUT2D eigenvalue weighted by Crippen LogP contribution is -2.50. The van der Waals surface area contributed by atoms with Crippen LogP contribution >= 0.6 is 0 Å². The third kappa shape index (κ3) is 4.33. The van der Waals surface area contributed by atoms with Gasteiger partial charge >= 0.3 is 6.18 Å². The van der Waals surface area contributed by atoms with Crippen LogP contribution in [0.1, 0.15) is 27.9 Å². The molecule has 0 spiro atoms. The van der Waals surface area contributed by atoms with Crippen LogP contribution in [-0.4, -0.2) is 55.7 Å². The highest BCUT2D eigenvalue weighted by Gasteiger charge is 2.50. The summed E-state index contributed by atoms with van der Waals surface area (Å²) in [5.41, 5.74) is -1.19. The minimum absolute atomic E-state index is 0.0112. The number of ether oxygens (including phenoxy) is 1. The fraction of sp³-hybridized carbons (Fsp3) is 0.435. The fourth-order valence-corrected chi connectivity index (χ4v) is 4.97. The molecular weight excluding hydrogens is 437 g/mol. The van der Waals surface area contributed by atoms with Gasteiger partial charge < -0.3 is 19.5 Å². The Morgan fingerprint density at radius 2 is 2.09 bits per heavy atom. The second-order valence-electron chi connectivity index (χ2n) is 8.66. The van der Waals surface area contributed by atoms with Gasteiger partial charge in [-0.2, -0.15) is 18.4 Å². The van der Waals surface area contributed by atoms with Crippen LogP contribution in [0.2, 0.25) is 0 Å². The van der Waals surface area contributed by atoms with Gasteiger partial charge in [0.15, 0.2) is 0 Å². The number of benzene rings is 1. The van der Waals surface area contributed by atoms with E-state index in [0.29, 0.717) is 50.5 Å². The Bertz CT molecular complexity index is 1140. The predicted octanol–water partition coefficient (Wildman–Crippen LogP) is 2.88. The number of aromatic amines is 1. The van der Waals surface area contributed by atoms with E-state index >= 15 is 0 Å². The second-order valence-corrected chi connectivity index (χ2v) is 8.66. The standard InChI is InChI=1S/C23H23F3N4O3/c1-33-14-22-6-7-29(21(32)16-3-5-20(31)28-10-16)11-17(22)12-30(13-22)18-4-2-15(9-27)19(8-18)23(24,25)26/h2-5,8,10,17H,6-7,11-14H2,1H3,(H,28,31)/t17-,22+/m1/s1. The number of fused-ring (bicyclic) bond motifs is 1. The lowest BCUT2D eigenvalue weighted by Gasteiger charge is -2.43. The number of hydrogen-bond donors (Lipinski definition) is 1. The summed E-state index contributed by atoms with van der Waals surface area (Å²) in [7, 11) is 1.59. The molecule has 2 saturated heterocycles. The molecule has 0 saturated carbocycles. The summed E-state index contributed by atoms with van der Waals surface area (Å²) < 4.78 is 45.9. The molecule has 174 valence electrons. The van der Waals surface area contributed by atoms with Crippen molar-refractivity contribution >= 4 is 11.6 Å². The Hall–Kier alpha value is -3.32. The minimum Gasteiger partial charge on any atom is -0.384 e. The molecule has 1 amide bonds. The topological polar surface area (TPSA) is 89.4 Å². The molecule has 7 nitrogen and oxygen atoms in total. The molecule has 1 aromatic heterocycles. The fourth-order valence-electron chi connectivity index (χ4n) is 4.97. The van der Waals surface area contributed by atoms with E-state index in [9.17, 15) is 22.8 Å². The van der Waals surface area contributed by atoms with Crippen LogP contribution in [0.4, 0.5) is 18.9 Å². The first kappa shape index (κ1) is 22.9. The normalized spacial score (nSPS) is 22.7. The lowest BCUT2D eigenvalue weighted by atomic mass is 9.73. The van der Waals surface area contributed by atoms with Crippen LogP contribution in [-0.2, 0) is 10.9 Å². The van der Waals surface area contributed by atoms with Crippen molar-refractivity contribution in [3.05, 3.63) is 63.6 Å². The minimum atomic E-state index is -4.63. The van der Waals surface area contributed by atoms with Gasteiger partial charge in [-0.25, -0.2) is 0 Å². The number of H-pyrrole nitrogens is 1. The van der Waals surface area contributed by atoms with Crippen molar-refractivity contribution < 1.29 is 22.7 Å². The third-order valence-electron chi connectivity index (χ3n) is 6.68. The predicted molar refractivity (Wildman–Crippen MR) is 114 cm³/mol. The maximum atomic E-state index is 13.5. The van der Waals surface area contributed by atoms with Crippen molar-refractivity contribution in [3.8, 4) is 6.07 Å². The molecule has 0 aliphatic carbocycles. The molecule has 0 unspecified atom stereocenters. The van der Waals surface area contributed by atoms with E-state index in [-0.39, 0.29) is 22.8 Å². The Morgan fingerprint density at radius 3 is 2.73 bits per heavy atom. The number of alkyl halides is 3. The molecule has 10 heteroatoms. The van der Waals surface area contributed by atoms with Crippen LogP contribution in [0.5, 0.6) is 0 Å². The van der Waals surface area contributed by atoms with E-state index in [1.165, 1.54) is 30.5 Å². The molecule has 2 atom stereocenters. The number of pyridine rings is 1. The maximum absolute atomic E-state index is 13.5. The first-order valence-electron chi connectivity index (χ1n) is 10.5. The van der Waals surface area contributed by atoms with Crippen LogP contribution in [0, 0.1) is 22.7 Å². The van der Waals surface area contributed by atoms with E-state index in [4.69, 9.17) is 10.00 Å². The zero-order valence-corrected chi connectivity index (χ0v) is 18.0. The van der Waals surface area contributed by atoms with Crippen molar-refractivity contribution in [1.82, 2.24) is 9.88 Å². The molecule has 2 aromatic rings. The number of piperidine rings is 1. The molecular formula is C23H23F3N4O3. The molecule has 2 aliphatic rings. The highest BCUT2D eigenvalue weighted by molar-refractivity contribution is 5.94. The first-order valence-corrected chi connectivity index (χ1v) is 10.5. The monoisotopic (exact) mass is 460 g/mol. The summed E-state index contributed by atoms with van der Waals surface area (Å²) >= 11 is 0. The molecule has 0 bridgehead atoms. The number of carbonyl (C=O) groups excluding carboxylic acids is 1. The quantitative estimate of drug-likeness (QED) is 0.758. The average Bonchev–Trinajstić information content (AvgIpc) is 3.17. The molecule has 1 N–H and O–H groups in total. The van der Waals surface area contributed by atoms with Crippen molar-refractivity contribution in [2.24, 2.45) is 11.3 Å². The third-order valence-corrected chi connectivity index (χ3v) is 6.68. The van der Waals surface area contributed by atoms with Crippen molar-refractivity contribution in [2.45, 2.75) is 12.6 Å². The number of methoxy groups -OCH3 is 1. The smallest absolute Gasteiger partial charge is 0.384 e. The van der Waals surface area contributed by atoms with Crippen molar-refractivity contribution in [1.29, 1.82) is 5.26 Å². The molecule has 2 aliphatic heterocycles. The van der Waals surface area contributed by atoms with E-state index in [0.717, 1.165) is 6.07 Å². The molecule has 2 fully saturated rings. The summed E-state index contributed by atoms with van der Waals surface area (Å²) in [6.45, 7) is 2.29. The van der Waals surface area contributed by atoms with Crippen LogP contribution in [0.3, 0.4) is 0 Å². The van der Waals surface area contributed by atoms with Gasteiger partial charge in [0.1, 0.15) is 0 Å². The highest BCUT2D eigenvalue weighted by Crippen LogP contribution is 2.45. The second kappa shape index (κ2) is 8.56.